The van der Waals surface area contributed by atoms with Crippen molar-refractivity contribution in [2.45, 2.75) is 79.3 Å². The molecule has 1 fully saturated rings. The van der Waals surface area contributed by atoms with Crippen LogP contribution in [0.15, 0.2) is 0 Å². The summed E-state index contributed by atoms with van der Waals surface area (Å²) < 4.78 is 2.05. The van der Waals surface area contributed by atoms with E-state index in [2.05, 4.69) is 38.1 Å². The summed E-state index contributed by atoms with van der Waals surface area (Å²) in [6.45, 7) is 11.7. The molecule has 0 saturated heterocycles. The molecule has 2 rings (SSSR count). The molecule has 1 heterocycles. The van der Waals surface area contributed by atoms with Crippen LogP contribution < -0.4 is 5.32 Å². The molecule has 1 amide bonds. The number of nitrogens with one attached hydrogen (secondary N) is 1. The number of hydrogen-bond acceptors (Lipinski definition) is 2. The maximum absolute atomic E-state index is 12.3. The van der Waals surface area contributed by atoms with Crippen molar-refractivity contribution in [2.75, 3.05) is 0 Å². The van der Waals surface area contributed by atoms with Gasteiger partial charge in [-0.2, -0.15) is 5.10 Å². The van der Waals surface area contributed by atoms with Crippen LogP contribution in [0.5, 0.6) is 0 Å². The van der Waals surface area contributed by atoms with Crippen LogP contribution in [0.3, 0.4) is 0 Å². The number of nitrogens with zero attached hydrogens (tertiary/aromatic N) is 2. The van der Waals surface area contributed by atoms with Gasteiger partial charge in [-0.05, 0) is 51.4 Å². The Morgan fingerprint density at radius 1 is 1.27 bits per heavy atom. The second-order valence-corrected chi connectivity index (χ2v) is 7.43. The number of carbonyl (C=O) groups is 1. The largest absolute Gasteiger partial charge is 0.353 e. The highest BCUT2D eigenvalue weighted by atomic mass is 16.1. The highest BCUT2D eigenvalue weighted by Crippen LogP contribution is 2.23. The fourth-order valence-corrected chi connectivity index (χ4v) is 3.36. The molecule has 1 aliphatic rings. The van der Waals surface area contributed by atoms with Gasteiger partial charge in [0.25, 0.3) is 0 Å². The molecule has 4 nitrogen and oxygen atoms in total. The van der Waals surface area contributed by atoms with Crippen LogP contribution in [-0.4, -0.2) is 21.7 Å². The molecule has 1 aliphatic carbocycles. The SMILES string of the molecule is Cc1nn(CC(C)C)c(C)c1CC(=O)NC1CCC(C)CC1. The molecule has 4 heteroatoms. The number of aromatic nitrogens is 2. The van der Waals surface area contributed by atoms with Crippen molar-refractivity contribution in [1.82, 2.24) is 15.1 Å². The number of aryl methyl sites for hydroxylation is 1. The molecule has 124 valence electrons. The van der Waals surface area contributed by atoms with Gasteiger partial charge in [0.1, 0.15) is 0 Å². The monoisotopic (exact) mass is 305 g/mol. The van der Waals surface area contributed by atoms with Crippen molar-refractivity contribution in [1.29, 1.82) is 0 Å². The molecule has 1 N–H and O–H groups in total. The Balaban J connectivity index is 1.95. The maximum Gasteiger partial charge on any atom is 0.224 e. The Morgan fingerprint density at radius 2 is 1.91 bits per heavy atom. The number of amides is 1. The summed E-state index contributed by atoms with van der Waals surface area (Å²) in [5.74, 6) is 1.52. The molecular weight excluding hydrogens is 274 g/mol. The molecule has 1 aromatic rings. The molecular formula is C18H31N3O. The van der Waals surface area contributed by atoms with E-state index in [4.69, 9.17) is 0 Å². The van der Waals surface area contributed by atoms with Crippen LogP contribution in [0, 0.1) is 25.7 Å². The fraction of sp³-hybridized carbons (Fsp3) is 0.778. The highest BCUT2D eigenvalue weighted by molar-refractivity contribution is 5.79. The van der Waals surface area contributed by atoms with Crippen molar-refractivity contribution >= 4 is 5.91 Å². The summed E-state index contributed by atoms with van der Waals surface area (Å²) in [4.78, 5) is 12.3. The second-order valence-electron chi connectivity index (χ2n) is 7.43. The summed E-state index contributed by atoms with van der Waals surface area (Å²) in [5, 5.41) is 7.81. The first-order valence-corrected chi connectivity index (χ1v) is 8.69. The fourth-order valence-electron chi connectivity index (χ4n) is 3.36. The zero-order valence-corrected chi connectivity index (χ0v) is 14.8. The van der Waals surface area contributed by atoms with Gasteiger partial charge >= 0.3 is 0 Å². The minimum absolute atomic E-state index is 0.148. The summed E-state index contributed by atoms with van der Waals surface area (Å²) in [7, 11) is 0. The van der Waals surface area contributed by atoms with E-state index < -0.39 is 0 Å². The minimum Gasteiger partial charge on any atom is -0.353 e. The predicted molar refractivity (Wildman–Crippen MR) is 89.8 cm³/mol. The zero-order valence-electron chi connectivity index (χ0n) is 14.8. The lowest BCUT2D eigenvalue weighted by Crippen LogP contribution is -2.38. The third-order valence-electron chi connectivity index (χ3n) is 4.79. The first-order chi connectivity index (χ1) is 10.4. The third kappa shape index (κ3) is 4.34. The van der Waals surface area contributed by atoms with Crippen molar-refractivity contribution < 1.29 is 4.79 Å². The average molecular weight is 305 g/mol. The zero-order chi connectivity index (χ0) is 16.3. The lowest BCUT2D eigenvalue weighted by atomic mass is 9.87. The first kappa shape index (κ1) is 17.0. The van der Waals surface area contributed by atoms with Crippen LogP contribution in [-0.2, 0) is 17.8 Å². The molecule has 22 heavy (non-hydrogen) atoms. The third-order valence-corrected chi connectivity index (χ3v) is 4.79. The number of carbonyl (C=O) groups excluding carboxylic acids is 1. The first-order valence-electron chi connectivity index (χ1n) is 8.69. The van der Waals surface area contributed by atoms with Gasteiger partial charge < -0.3 is 5.32 Å². The van der Waals surface area contributed by atoms with E-state index >= 15 is 0 Å². The standard InChI is InChI=1S/C18H31N3O/c1-12(2)11-21-15(5)17(14(4)20-21)10-18(22)19-16-8-6-13(3)7-9-16/h12-13,16H,6-11H2,1-5H3,(H,19,22). The average Bonchev–Trinajstić information content (AvgIpc) is 2.68. The van der Waals surface area contributed by atoms with Crippen LogP contribution in [0.4, 0.5) is 0 Å². The van der Waals surface area contributed by atoms with Gasteiger partial charge in [0.05, 0.1) is 12.1 Å². The van der Waals surface area contributed by atoms with Crippen LogP contribution in [0.25, 0.3) is 0 Å². The van der Waals surface area contributed by atoms with Crippen LogP contribution in [0.1, 0.15) is 63.4 Å². The molecule has 0 bridgehead atoms. The molecule has 0 aliphatic heterocycles. The van der Waals surface area contributed by atoms with E-state index in [9.17, 15) is 4.79 Å². The van der Waals surface area contributed by atoms with E-state index in [1.165, 1.54) is 12.8 Å². The summed E-state index contributed by atoms with van der Waals surface area (Å²) in [6, 6.07) is 0.370. The quantitative estimate of drug-likeness (QED) is 0.906. The number of rotatable bonds is 5. The van der Waals surface area contributed by atoms with Crippen molar-refractivity contribution in [3.05, 3.63) is 17.0 Å². The van der Waals surface area contributed by atoms with E-state index in [0.717, 1.165) is 42.3 Å². The van der Waals surface area contributed by atoms with E-state index in [1.807, 2.05) is 11.6 Å². The Kier molecular flexibility index (Phi) is 5.65. The summed E-state index contributed by atoms with van der Waals surface area (Å²) in [5.41, 5.74) is 3.23. The van der Waals surface area contributed by atoms with E-state index in [-0.39, 0.29) is 5.91 Å². The Hall–Kier alpha value is -1.32. The Labute approximate surface area is 134 Å². The van der Waals surface area contributed by atoms with Gasteiger partial charge in [-0.15, -0.1) is 0 Å². The topological polar surface area (TPSA) is 46.9 Å². The Morgan fingerprint density at radius 3 is 2.50 bits per heavy atom. The lowest BCUT2D eigenvalue weighted by molar-refractivity contribution is -0.121. The van der Waals surface area contributed by atoms with Crippen molar-refractivity contribution in [3.63, 3.8) is 0 Å². The molecule has 1 aromatic heterocycles. The molecule has 1 saturated carbocycles. The second kappa shape index (κ2) is 7.30. The van der Waals surface area contributed by atoms with Gasteiger partial charge in [-0.1, -0.05) is 20.8 Å². The lowest BCUT2D eigenvalue weighted by Gasteiger charge is -2.26. The summed E-state index contributed by atoms with van der Waals surface area (Å²) in [6.07, 6.45) is 5.17. The van der Waals surface area contributed by atoms with Gasteiger partial charge in [0.2, 0.25) is 5.91 Å². The van der Waals surface area contributed by atoms with Gasteiger partial charge in [-0.25, -0.2) is 0 Å². The van der Waals surface area contributed by atoms with E-state index in [1.54, 1.807) is 0 Å². The molecule has 0 atom stereocenters. The maximum atomic E-state index is 12.3. The highest BCUT2D eigenvalue weighted by Gasteiger charge is 2.21. The molecule has 0 unspecified atom stereocenters. The smallest absolute Gasteiger partial charge is 0.224 e. The van der Waals surface area contributed by atoms with Crippen molar-refractivity contribution in [2.24, 2.45) is 11.8 Å². The predicted octanol–water partition coefficient (Wildman–Crippen LogP) is 3.39. The van der Waals surface area contributed by atoms with Gasteiger partial charge in [0.15, 0.2) is 0 Å². The summed E-state index contributed by atoms with van der Waals surface area (Å²) >= 11 is 0. The van der Waals surface area contributed by atoms with Crippen molar-refractivity contribution in [3.8, 4) is 0 Å². The van der Waals surface area contributed by atoms with Crippen LogP contribution in [0.2, 0.25) is 0 Å². The minimum atomic E-state index is 0.148. The molecule has 0 aromatic carbocycles. The number of hydrogen-bond donors (Lipinski definition) is 1. The van der Waals surface area contributed by atoms with Gasteiger partial charge in [-0.3, -0.25) is 9.48 Å². The molecule has 0 spiro atoms. The normalized spacial score (nSPS) is 22.1. The Bertz CT molecular complexity index is 511. The molecule has 0 radical (unpaired) electrons. The van der Waals surface area contributed by atoms with Gasteiger partial charge in [0, 0.05) is 23.8 Å². The van der Waals surface area contributed by atoms with E-state index in [0.29, 0.717) is 18.4 Å². The van der Waals surface area contributed by atoms with Crippen LogP contribution >= 0.6 is 0 Å².